The monoisotopic (exact) mass is 490 g/mol. The van der Waals surface area contributed by atoms with Crippen molar-refractivity contribution in [2.24, 2.45) is 0 Å². The molecule has 1 aliphatic heterocycles. The van der Waals surface area contributed by atoms with Crippen molar-refractivity contribution in [3.05, 3.63) is 47.7 Å². The first-order valence-corrected chi connectivity index (χ1v) is 13.1. The smallest absolute Gasteiger partial charge is 0.243 e. The predicted molar refractivity (Wildman–Crippen MR) is 123 cm³/mol. The summed E-state index contributed by atoms with van der Waals surface area (Å²) in [6.07, 6.45) is 2.64. The maximum absolute atomic E-state index is 12.8. The zero-order valence-corrected chi connectivity index (χ0v) is 19.9. The second-order valence-corrected chi connectivity index (χ2v) is 10.6. The van der Waals surface area contributed by atoms with Gasteiger partial charge in [0.25, 0.3) is 0 Å². The molecule has 1 fully saturated rings. The molecular formula is C22H26N4O5S2. The van der Waals surface area contributed by atoms with E-state index in [-0.39, 0.29) is 16.8 Å². The van der Waals surface area contributed by atoms with Gasteiger partial charge in [0.1, 0.15) is 5.75 Å². The number of carbonyl (C=O) groups is 1. The summed E-state index contributed by atoms with van der Waals surface area (Å²) in [4.78, 5) is 17.9. The number of nitrogens with one attached hydrogen (secondary N) is 1. The van der Waals surface area contributed by atoms with Crippen LogP contribution < -0.4 is 10.1 Å². The summed E-state index contributed by atoms with van der Waals surface area (Å²) < 4.78 is 37.5. The zero-order chi connectivity index (χ0) is 23.3. The van der Waals surface area contributed by atoms with Gasteiger partial charge in [0.05, 0.1) is 16.9 Å². The van der Waals surface area contributed by atoms with Gasteiger partial charge in [-0.3, -0.25) is 4.79 Å². The van der Waals surface area contributed by atoms with E-state index in [1.807, 2.05) is 17.5 Å². The Morgan fingerprint density at radius 3 is 2.67 bits per heavy atom. The van der Waals surface area contributed by atoms with Crippen molar-refractivity contribution < 1.29 is 22.5 Å². The van der Waals surface area contributed by atoms with Crippen LogP contribution in [-0.2, 0) is 21.2 Å². The lowest BCUT2D eigenvalue weighted by Gasteiger charge is -2.31. The molecule has 1 aromatic carbocycles. The Morgan fingerprint density at radius 1 is 1.24 bits per heavy atom. The molecule has 2 aromatic heterocycles. The third kappa shape index (κ3) is 5.79. The van der Waals surface area contributed by atoms with Crippen LogP contribution in [0.4, 0.5) is 0 Å². The number of thiophene rings is 1. The van der Waals surface area contributed by atoms with Crippen LogP contribution in [0.2, 0.25) is 0 Å². The highest BCUT2D eigenvalue weighted by Crippen LogP contribution is 2.23. The van der Waals surface area contributed by atoms with Crippen LogP contribution in [0, 0.1) is 0 Å². The lowest BCUT2D eigenvalue weighted by atomic mass is 10.1. The van der Waals surface area contributed by atoms with Crippen LogP contribution in [0.25, 0.3) is 10.7 Å². The van der Waals surface area contributed by atoms with Crippen molar-refractivity contribution in [3.63, 3.8) is 0 Å². The molecule has 1 amide bonds. The highest BCUT2D eigenvalue weighted by atomic mass is 32.2. The fourth-order valence-corrected chi connectivity index (χ4v) is 5.82. The van der Waals surface area contributed by atoms with E-state index in [9.17, 15) is 13.2 Å². The van der Waals surface area contributed by atoms with Crippen LogP contribution in [0.1, 0.15) is 31.6 Å². The van der Waals surface area contributed by atoms with E-state index < -0.39 is 10.0 Å². The fourth-order valence-electron chi connectivity index (χ4n) is 3.70. The molecular weight excluding hydrogens is 464 g/mol. The Kier molecular flexibility index (Phi) is 7.41. The van der Waals surface area contributed by atoms with Gasteiger partial charge in [0.2, 0.25) is 27.6 Å². The number of amides is 1. The van der Waals surface area contributed by atoms with Gasteiger partial charge in [0.15, 0.2) is 0 Å². The molecule has 1 aliphatic rings. The van der Waals surface area contributed by atoms with Gasteiger partial charge in [-0.2, -0.15) is 9.29 Å². The van der Waals surface area contributed by atoms with Crippen LogP contribution in [-0.4, -0.2) is 55.0 Å². The summed E-state index contributed by atoms with van der Waals surface area (Å²) in [6.45, 7) is 0.736. The number of sulfonamides is 1. The molecule has 176 valence electrons. The molecule has 0 atom stereocenters. The standard InChI is InChI=1S/C22H26N4O5S2/c1-30-17-7-9-18(10-8-17)33(28,29)26-13-11-16(12-14-26)23-20(27)5-2-6-21-24-22(25-31-21)19-4-3-15-32-19/h3-4,7-10,15-16H,2,5-6,11-14H2,1H3,(H,23,27). The summed E-state index contributed by atoms with van der Waals surface area (Å²) in [7, 11) is -2.02. The average molecular weight is 491 g/mol. The number of hydrogen-bond acceptors (Lipinski definition) is 8. The van der Waals surface area contributed by atoms with Gasteiger partial charge in [0, 0.05) is 32.0 Å². The lowest BCUT2D eigenvalue weighted by molar-refractivity contribution is -0.122. The molecule has 9 nitrogen and oxygen atoms in total. The minimum atomic E-state index is -3.56. The van der Waals surface area contributed by atoms with Gasteiger partial charge in [-0.15, -0.1) is 11.3 Å². The van der Waals surface area contributed by atoms with Gasteiger partial charge in [-0.1, -0.05) is 11.2 Å². The molecule has 0 unspecified atom stereocenters. The number of aromatic nitrogens is 2. The highest BCUT2D eigenvalue weighted by Gasteiger charge is 2.30. The van der Waals surface area contributed by atoms with Crippen LogP contribution >= 0.6 is 11.3 Å². The Bertz CT molecular complexity index is 1150. The van der Waals surface area contributed by atoms with E-state index in [0.717, 1.165) is 4.88 Å². The van der Waals surface area contributed by atoms with Gasteiger partial charge in [-0.25, -0.2) is 8.42 Å². The van der Waals surface area contributed by atoms with Crippen molar-refractivity contribution in [1.29, 1.82) is 0 Å². The first kappa shape index (κ1) is 23.4. The summed E-state index contributed by atoms with van der Waals surface area (Å²) in [5, 5.41) is 8.94. The van der Waals surface area contributed by atoms with E-state index in [1.165, 1.54) is 11.4 Å². The number of aryl methyl sites for hydroxylation is 1. The molecule has 3 heterocycles. The van der Waals surface area contributed by atoms with Crippen LogP contribution in [0.5, 0.6) is 5.75 Å². The molecule has 0 saturated carbocycles. The molecule has 0 spiro atoms. The van der Waals surface area contributed by atoms with E-state index >= 15 is 0 Å². The van der Waals surface area contributed by atoms with Crippen molar-refractivity contribution in [2.75, 3.05) is 20.2 Å². The number of ether oxygens (including phenoxy) is 1. The maximum Gasteiger partial charge on any atom is 0.243 e. The largest absolute Gasteiger partial charge is 0.497 e. The molecule has 4 rings (SSSR count). The van der Waals surface area contributed by atoms with E-state index in [2.05, 4.69) is 15.5 Å². The van der Waals surface area contributed by atoms with Gasteiger partial charge in [-0.05, 0) is 55.0 Å². The summed E-state index contributed by atoms with van der Waals surface area (Å²) in [5.74, 6) is 1.64. The lowest BCUT2D eigenvalue weighted by Crippen LogP contribution is -2.46. The van der Waals surface area contributed by atoms with E-state index in [0.29, 0.717) is 62.7 Å². The van der Waals surface area contributed by atoms with Crippen LogP contribution in [0.3, 0.4) is 0 Å². The van der Waals surface area contributed by atoms with Gasteiger partial charge >= 0.3 is 0 Å². The second kappa shape index (κ2) is 10.4. The molecule has 0 bridgehead atoms. The Hall–Kier alpha value is -2.76. The molecule has 3 aromatic rings. The summed E-state index contributed by atoms with van der Waals surface area (Å²) in [5.41, 5.74) is 0. The number of hydrogen-bond donors (Lipinski definition) is 1. The highest BCUT2D eigenvalue weighted by molar-refractivity contribution is 7.89. The van der Waals surface area contributed by atoms with Crippen molar-refractivity contribution in [3.8, 4) is 16.5 Å². The minimum Gasteiger partial charge on any atom is -0.497 e. The molecule has 33 heavy (non-hydrogen) atoms. The third-order valence-electron chi connectivity index (χ3n) is 5.52. The number of piperidine rings is 1. The third-order valence-corrected chi connectivity index (χ3v) is 8.30. The number of carbonyl (C=O) groups excluding carboxylic acids is 1. The van der Waals surface area contributed by atoms with Crippen LogP contribution in [0.15, 0.2) is 51.2 Å². The van der Waals surface area contributed by atoms with Gasteiger partial charge < -0.3 is 14.6 Å². The molecule has 11 heteroatoms. The molecule has 1 saturated heterocycles. The fraction of sp³-hybridized carbons (Fsp3) is 0.409. The van der Waals surface area contributed by atoms with E-state index in [1.54, 1.807) is 35.6 Å². The van der Waals surface area contributed by atoms with Crippen molar-refractivity contribution in [1.82, 2.24) is 19.8 Å². The van der Waals surface area contributed by atoms with Crippen molar-refractivity contribution >= 4 is 27.3 Å². The number of rotatable bonds is 9. The molecule has 0 radical (unpaired) electrons. The minimum absolute atomic E-state index is 0.0337. The first-order chi connectivity index (χ1) is 16.0. The quantitative estimate of drug-likeness (QED) is 0.490. The predicted octanol–water partition coefficient (Wildman–Crippen LogP) is 3.10. The Morgan fingerprint density at radius 2 is 2.00 bits per heavy atom. The molecule has 1 N–H and O–H groups in total. The number of benzene rings is 1. The summed E-state index contributed by atoms with van der Waals surface area (Å²) in [6, 6.07) is 10.2. The Labute approximate surface area is 196 Å². The average Bonchev–Trinajstić information content (AvgIpc) is 3.52. The van der Waals surface area contributed by atoms with Crippen molar-refractivity contribution in [2.45, 2.75) is 43.0 Å². The second-order valence-electron chi connectivity index (χ2n) is 7.76. The first-order valence-electron chi connectivity index (χ1n) is 10.8. The topological polar surface area (TPSA) is 115 Å². The zero-order valence-electron chi connectivity index (χ0n) is 18.3. The molecule has 0 aliphatic carbocycles. The number of methoxy groups -OCH3 is 1. The SMILES string of the molecule is COc1ccc(S(=O)(=O)N2CCC(NC(=O)CCCc3nc(-c4cccs4)no3)CC2)cc1. The summed E-state index contributed by atoms with van der Waals surface area (Å²) >= 11 is 1.54. The Balaban J connectivity index is 1.20. The normalized spacial score (nSPS) is 15.4. The number of nitrogens with zero attached hydrogens (tertiary/aromatic N) is 3. The maximum atomic E-state index is 12.8. The van der Waals surface area contributed by atoms with E-state index in [4.69, 9.17) is 9.26 Å².